The number of hydrogen-bond donors (Lipinski definition) is 0. The molecule has 0 N–H and O–H groups in total. The average molecular weight is 337 g/mol. The minimum atomic E-state index is -0.385. The average Bonchev–Trinajstić information content (AvgIpc) is 2.43. The summed E-state index contributed by atoms with van der Waals surface area (Å²) in [5.41, 5.74) is 1.25. The van der Waals surface area contributed by atoms with Crippen LogP contribution in [-0.2, 0) is 0 Å². The molecular formula is C16H14BrFO2. The number of aryl methyl sites for hydroxylation is 1. The van der Waals surface area contributed by atoms with E-state index in [1.807, 2.05) is 6.92 Å². The van der Waals surface area contributed by atoms with Gasteiger partial charge in [-0.05, 0) is 43.7 Å². The lowest BCUT2D eigenvalue weighted by atomic mass is 10.0. The second kappa shape index (κ2) is 6.18. The van der Waals surface area contributed by atoms with Crippen molar-refractivity contribution in [3.63, 3.8) is 0 Å². The third kappa shape index (κ3) is 3.07. The Kier molecular flexibility index (Phi) is 4.55. The van der Waals surface area contributed by atoms with Crippen molar-refractivity contribution >= 4 is 21.7 Å². The Labute approximate surface area is 125 Å². The monoisotopic (exact) mass is 336 g/mol. The van der Waals surface area contributed by atoms with Crippen molar-refractivity contribution in [1.82, 2.24) is 0 Å². The van der Waals surface area contributed by atoms with Crippen molar-refractivity contribution in [2.24, 2.45) is 0 Å². The van der Waals surface area contributed by atoms with E-state index in [1.165, 1.54) is 6.07 Å². The lowest BCUT2D eigenvalue weighted by Crippen LogP contribution is -2.06. The van der Waals surface area contributed by atoms with Crippen LogP contribution >= 0.6 is 15.9 Å². The van der Waals surface area contributed by atoms with Crippen molar-refractivity contribution in [1.29, 1.82) is 0 Å². The number of carbonyl (C=O) groups is 1. The Bertz CT molecular complexity index is 653. The molecule has 20 heavy (non-hydrogen) atoms. The van der Waals surface area contributed by atoms with Crippen LogP contribution in [0, 0.1) is 12.7 Å². The summed E-state index contributed by atoms with van der Waals surface area (Å²) in [6, 6.07) is 9.69. The molecule has 2 rings (SSSR count). The van der Waals surface area contributed by atoms with Gasteiger partial charge in [-0.2, -0.15) is 0 Å². The van der Waals surface area contributed by atoms with E-state index in [0.29, 0.717) is 29.0 Å². The van der Waals surface area contributed by atoms with Crippen LogP contribution in [0.1, 0.15) is 28.4 Å². The van der Waals surface area contributed by atoms with E-state index in [9.17, 15) is 9.18 Å². The number of rotatable bonds is 4. The predicted molar refractivity (Wildman–Crippen MR) is 79.9 cm³/mol. The van der Waals surface area contributed by atoms with Gasteiger partial charge in [0, 0.05) is 10.0 Å². The SMILES string of the molecule is CCOc1ccc(Br)cc1C(=O)c1ccc(C)c(F)c1. The molecule has 0 atom stereocenters. The first-order valence-corrected chi connectivity index (χ1v) is 7.05. The van der Waals surface area contributed by atoms with Gasteiger partial charge < -0.3 is 4.74 Å². The van der Waals surface area contributed by atoms with Crippen molar-refractivity contribution in [2.75, 3.05) is 6.61 Å². The number of benzene rings is 2. The molecule has 4 heteroatoms. The maximum atomic E-state index is 13.6. The molecule has 0 aliphatic heterocycles. The highest BCUT2D eigenvalue weighted by molar-refractivity contribution is 9.10. The summed E-state index contributed by atoms with van der Waals surface area (Å²) < 4.78 is 19.8. The standard InChI is InChI=1S/C16H14BrFO2/c1-3-20-15-7-6-12(17)9-13(15)16(19)11-5-4-10(2)14(18)8-11/h4-9H,3H2,1-2H3. The highest BCUT2D eigenvalue weighted by atomic mass is 79.9. The van der Waals surface area contributed by atoms with E-state index in [4.69, 9.17) is 4.74 Å². The van der Waals surface area contributed by atoms with Crippen LogP contribution in [0.2, 0.25) is 0 Å². The first-order valence-electron chi connectivity index (χ1n) is 6.26. The first-order chi connectivity index (χ1) is 9.52. The van der Waals surface area contributed by atoms with Gasteiger partial charge in [-0.15, -0.1) is 0 Å². The second-order valence-corrected chi connectivity index (χ2v) is 5.28. The molecule has 2 aromatic carbocycles. The molecule has 2 nitrogen and oxygen atoms in total. The van der Waals surface area contributed by atoms with Gasteiger partial charge in [-0.1, -0.05) is 28.1 Å². The first kappa shape index (κ1) is 14.7. The molecule has 0 saturated carbocycles. The van der Waals surface area contributed by atoms with Gasteiger partial charge in [-0.25, -0.2) is 4.39 Å². The number of carbonyl (C=O) groups excluding carboxylic acids is 1. The molecule has 2 aromatic rings. The van der Waals surface area contributed by atoms with E-state index in [1.54, 1.807) is 37.3 Å². The van der Waals surface area contributed by atoms with Crippen LogP contribution in [0.5, 0.6) is 5.75 Å². The van der Waals surface area contributed by atoms with E-state index >= 15 is 0 Å². The third-order valence-electron chi connectivity index (χ3n) is 2.92. The number of ketones is 1. The predicted octanol–water partition coefficient (Wildman–Crippen LogP) is 4.53. The molecule has 0 aromatic heterocycles. The summed E-state index contributed by atoms with van der Waals surface area (Å²) in [5, 5.41) is 0. The molecule has 0 fully saturated rings. The van der Waals surface area contributed by atoms with Gasteiger partial charge in [0.05, 0.1) is 12.2 Å². The molecular weight excluding hydrogens is 323 g/mol. The van der Waals surface area contributed by atoms with Gasteiger partial charge >= 0.3 is 0 Å². The molecule has 0 spiro atoms. The van der Waals surface area contributed by atoms with Crippen LogP contribution in [0.4, 0.5) is 4.39 Å². The Balaban J connectivity index is 2.46. The molecule has 0 aliphatic carbocycles. The Morgan fingerprint density at radius 3 is 2.65 bits per heavy atom. The second-order valence-electron chi connectivity index (χ2n) is 4.37. The fourth-order valence-corrected chi connectivity index (χ4v) is 2.21. The summed E-state index contributed by atoms with van der Waals surface area (Å²) >= 11 is 3.33. The van der Waals surface area contributed by atoms with Crippen LogP contribution in [0.3, 0.4) is 0 Å². The maximum absolute atomic E-state index is 13.6. The van der Waals surface area contributed by atoms with Gasteiger partial charge in [0.1, 0.15) is 11.6 Å². The lowest BCUT2D eigenvalue weighted by Gasteiger charge is -2.10. The van der Waals surface area contributed by atoms with Crippen molar-refractivity contribution in [3.05, 3.63) is 63.4 Å². The summed E-state index contributed by atoms with van der Waals surface area (Å²) in [4.78, 5) is 12.5. The fraction of sp³-hybridized carbons (Fsp3) is 0.188. The van der Waals surface area contributed by atoms with Gasteiger partial charge in [0.2, 0.25) is 0 Å². The lowest BCUT2D eigenvalue weighted by molar-refractivity contribution is 0.103. The summed E-state index contributed by atoms with van der Waals surface area (Å²) in [7, 11) is 0. The van der Waals surface area contributed by atoms with E-state index in [2.05, 4.69) is 15.9 Å². The zero-order chi connectivity index (χ0) is 14.7. The van der Waals surface area contributed by atoms with E-state index in [0.717, 1.165) is 4.47 Å². The molecule has 0 saturated heterocycles. The molecule has 0 unspecified atom stereocenters. The number of ether oxygens (including phenoxy) is 1. The maximum Gasteiger partial charge on any atom is 0.196 e. The number of hydrogen-bond acceptors (Lipinski definition) is 2. The zero-order valence-corrected chi connectivity index (χ0v) is 12.8. The largest absolute Gasteiger partial charge is 0.493 e. The van der Waals surface area contributed by atoms with Gasteiger partial charge in [0.15, 0.2) is 5.78 Å². The van der Waals surface area contributed by atoms with Gasteiger partial charge in [-0.3, -0.25) is 4.79 Å². The topological polar surface area (TPSA) is 26.3 Å². The van der Waals surface area contributed by atoms with Crippen LogP contribution in [0.25, 0.3) is 0 Å². The van der Waals surface area contributed by atoms with Crippen LogP contribution < -0.4 is 4.74 Å². The van der Waals surface area contributed by atoms with Gasteiger partial charge in [0.25, 0.3) is 0 Å². The zero-order valence-electron chi connectivity index (χ0n) is 11.2. The molecule has 0 aliphatic rings. The molecule has 0 heterocycles. The number of halogens is 2. The molecule has 0 radical (unpaired) electrons. The summed E-state index contributed by atoms with van der Waals surface area (Å²) in [6.07, 6.45) is 0. The van der Waals surface area contributed by atoms with Crippen LogP contribution in [-0.4, -0.2) is 12.4 Å². The molecule has 0 bridgehead atoms. The quantitative estimate of drug-likeness (QED) is 0.767. The normalized spacial score (nSPS) is 10.4. The fourth-order valence-electron chi connectivity index (χ4n) is 1.85. The summed E-state index contributed by atoms with van der Waals surface area (Å²) in [5.74, 6) is -0.140. The summed E-state index contributed by atoms with van der Waals surface area (Å²) in [6.45, 7) is 3.97. The van der Waals surface area contributed by atoms with Crippen LogP contribution in [0.15, 0.2) is 40.9 Å². The highest BCUT2D eigenvalue weighted by Crippen LogP contribution is 2.26. The highest BCUT2D eigenvalue weighted by Gasteiger charge is 2.16. The molecule has 104 valence electrons. The minimum absolute atomic E-state index is 0.256. The van der Waals surface area contributed by atoms with E-state index < -0.39 is 0 Å². The Morgan fingerprint density at radius 1 is 1.25 bits per heavy atom. The molecule has 0 amide bonds. The Morgan fingerprint density at radius 2 is 2.00 bits per heavy atom. The third-order valence-corrected chi connectivity index (χ3v) is 3.41. The smallest absolute Gasteiger partial charge is 0.196 e. The minimum Gasteiger partial charge on any atom is -0.493 e. The Hall–Kier alpha value is -1.68. The van der Waals surface area contributed by atoms with Crippen molar-refractivity contribution in [2.45, 2.75) is 13.8 Å². The van der Waals surface area contributed by atoms with E-state index in [-0.39, 0.29) is 11.6 Å². The van der Waals surface area contributed by atoms with Crippen molar-refractivity contribution < 1.29 is 13.9 Å². The van der Waals surface area contributed by atoms with Crippen molar-refractivity contribution in [3.8, 4) is 5.75 Å².